The highest BCUT2D eigenvalue weighted by Gasteiger charge is 1.96. The third-order valence-corrected chi connectivity index (χ3v) is 2.12. The lowest BCUT2D eigenvalue weighted by Crippen LogP contribution is -1.92. The van der Waals surface area contributed by atoms with Crippen LogP contribution in [0.3, 0.4) is 0 Å². The molecule has 2 heteroatoms. The van der Waals surface area contributed by atoms with Crippen LogP contribution in [0.1, 0.15) is 18.1 Å². The average molecular weight is 185 g/mol. The van der Waals surface area contributed by atoms with Gasteiger partial charge in [-0.2, -0.15) is 0 Å². The zero-order chi connectivity index (χ0) is 8.97. The molecular weight excluding hydrogens is 172 g/mol. The Labute approximate surface area is 78.3 Å². The molecule has 0 spiro atoms. The van der Waals surface area contributed by atoms with E-state index in [0.717, 1.165) is 17.2 Å². The molecule has 0 fully saturated rings. The van der Waals surface area contributed by atoms with E-state index in [-0.39, 0.29) is 0 Å². The minimum atomic E-state index is 0.675. The lowest BCUT2D eigenvalue weighted by atomic mass is 10.1. The predicted octanol–water partition coefficient (Wildman–Crippen LogP) is 3.18. The van der Waals surface area contributed by atoms with Gasteiger partial charge in [-0.1, -0.05) is 23.7 Å². The van der Waals surface area contributed by atoms with Gasteiger partial charge in [0.15, 0.2) is 0 Å². The van der Waals surface area contributed by atoms with Crippen LogP contribution in [0.2, 0.25) is 5.02 Å². The van der Waals surface area contributed by atoms with E-state index in [1.807, 2.05) is 26.0 Å². The molecule has 0 aliphatic rings. The van der Waals surface area contributed by atoms with Crippen LogP contribution in [0.4, 0.5) is 0 Å². The van der Waals surface area contributed by atoms with E-state index in [4.69, 9.17) is 16.3 Å². The fourth-order valence-corrected chi connectivity index (χ4v) is 1.13. The van der Waals surface area contributed by atoms with Crippen LogP contribution >= 0.6 is 11.6 Å². The van der Waals surface area contributed by atoms with E-state index in [9.17, 15) is 0 Å². The first kappa shape index (κ1) is 9.56. The van der Waals surface area contributed by atoms with Crippen molar-refractivity contribution >= 4 is 11.6 Å². The van der Waals surface area contributed by atoms with Crippen LogP contribution in [0.5, 0.6) is 0 Å². The predicted molar refractivity (Wildman–Crippen MR) is 51.5 cm³/mol. The minimum Gasteiger partial charge on any atom is -0.377 e. The highest BCUT2D eigenvalue weighted by molar-refractivity contribution is 6.31. The van der Waals surface area contributed by atoms with Gasteiger partial charge in [0, 0.05) is 11.6 Å². The van der Waals surface area contributed by atoms with Gasteiger partial charge in [-0.05, 0) is 31.0 Å². The number of benzene rings is 1. The van der Waals surface area contributed by atoms with Crippen molar-refractivity contribution < 1.29 is 4.74 Å². The lowest BCUT2D eigenvalue weighted by molar-refractivity contribution is 0.134. The van der Waals surface area contributed by atoms with E-state index in [0.29, 0.717) is 6.61 Å². The summed E-state index contributed by atoms with van der Waals surface area (Å²) in [5.41, 5.74) is 2.28. The van der Waals surface area contributed by atoms with Crippen molar-refractivity contribution in [2.24, 2.45) is 0 Å². The SMILES string of the molecule is CCOCc1ccc(Cl)c(C)c1. The third kappa shape index (κ3) is 2.50. The van der Waals surface area contributed by atoms with Crippen LogP contribution in [-0.4, -0.2) is 6.61 Å². The van der Waals surface area contributed by atoms with Crippen LogP contribution in [0.25, 0.3) is 0 Å². The zero-order valence-electron chi connectivity index (χ0n) is 7.43. The lowest BCUT2D eigenvalue weighted by Gasteiger charge is -2.03. The van der Waals surface area contributed by atoms with Crippen molar-refractivity contribution in [1.82, 2.24) is 0 Å². The number of halogens is 1. The Balaban J connectivity index is 2.69. The molecular formula is C10H13ClO. The number of hydrogen-bond donors (Lipinski definition) is 0. The third-order valence-electron chi connectivity index (χ3n) is 1.70. The molecule has 0 N–H and O–H groups in total. The van der Waals surface area contributed by atoms with Crippen molar-refractivity contribution in [2.75, 3.05) is 6.61 Å². The Morgan fingerprint density at radius 2 is 2.17 bits per heavy atom. The van der Waals surface area contributed by atoms with Crippen LogP contribution in [0.15, 0.2) is 18.2 Å². The molecule has 1 nitrogen and oxygen atoms in total. The molecule has 0 saturated heterocycles. The molecule has 1 aromatic rings. The first-order chi connectivity index (χ1) is 5.74. The fourth-order valence-electron chi connectivity index (χ4n) is 1.02. The molecule has 0 unspecified atom stereocenters. The smallest absolute Gasteiger partial charge is 0.0716 e. The number of rotatable bonds is 3. The quantitative estimate of drug-likeness (QED) is 0.701. The highest BCUT2D eigenvalue weighted by atomic mass is 35.5. The molecule has 66 valence electrons. The second-order valence-corrected chi connectivity index (χ2v) is 3.13. The molecule has 0 saturated carbocycles. The standard InChI is InChI=1S/C10H13ClO/c1-3-12-7-9-4-5-10(11)8(2)6-9/h4-6H,3,7H2,1-2H3. The summed E-state index contributed by atoms with van der Waals surface area (Å²) in [5, 5.41) is 0.815. The Bertz CT molecular complexity index is 258. The molecule has 0 radical (unpaired) electrons. The molecule has 0 aliphatic carbocycles. The molecule has 0 amide bonds. The van der Waals surface area contributed by atoms with Gasteiger partial charge in [0.2, 0.25) is 0 Å². The van der Waals surface area contributed by atoms with E-state index >= 15 is 0 Å². The first-order valence-electron chi connectivity index (χ1n) is 4.07. The summed E-state index contributed by atoms with van der Waals surface area (Å²) in [4.78, 5) is 0. The summed E-state index contributed by atoms with van der Waals surface area (Å²) in [6.07, 6.45) is 0. The second kappa shape index (κ2) is 4.48. The summed E-state index contributed by atoms with van der Waals surface area (Å²) in [7, 11) is 0. The van der Waals surface area contributed by atoms with Crippen molar-refractivity contribution in [2.45, 2.75) is 20.5 Å². The van der Waals surface area contributed by atoms with Gasteiger partial charge in [0.1, 0.15) is 0 Å². The number of aryl methyl sites for hydroxylation is 1. The molecule has 0 aromatic heterocycles. The van der Waals surface area contributed by atoms with Gasteiger partial charge in [-0.3, -0.25) is 0 Å². The fraction of sp³-hybridized carbons (Fsp3) is 0.400. The van der Waals surface area contributed by atoms with Crippen molar-refractivity contribution in [3.63, 3.8) is 0 Å². The number of ether oxygens (including phenoxy) is 1. The van der Waals surface area contributed by atoms with Crippen LogP contribution in [-0.2, 0) is 11.3 Å². The van der Waals surface area contributed by atoms with Gasteiger partial charge in [-0.15, -0.1) is 0 Å². The summed E-state index contributed by atoms with van der Waals surface area (Å²) in [6.45, 7) is 5.41. The molecule has 1 aromatic carbocycles. The molecule has 12 heavy (non-hydrogen) atoms. The van der Waals surface area contributed by atoms with Gasteiger partial charge in [0.25, 0.3) is 0 Å². The van der Waals surface area contributed by atoms with Gasteiger partial charge >= 0.3 is 0 Å². The Kier molecular flexibility index (Phi) is 3.57. The first-order valence-corrected chi connectivity index (χ1v) is 4.44. The molecule has 0 heterocycles. The van der Waals surface area contributed by atoms with Gasteiger partial charge in [0.05, 0.1) is 6.61 Å². The van der Waals surface area contributed by atoms with E-state index in [2.05, 4.69) is 6.07 Å². The van der Waals surface area contributed by atoms with E-state index in [1.165, 1.54) is 5.56 Å². The highest BCUT2D eigenvalue weighted by Crippen LogP contribution is 2.16. The Morgan fingerprint density at radius 3 is 2.75 bits per heavy atom. The summed E-state index contributed by atoms with van der Waals surface area (Å²) in [6, 6.07) is 5.95. The van der Waals surface area contributed by atoms with Crippen molar-refractivity contribution in [3.05, 3.63) is 34.3 Å². The zero-order valence-corrected chi connectivity index (χ0v) is 8.19. The second-order valence-electron chi connectivity index (χ2n) is 2.72. The Hall–Kier alpha value is -0.530. The molecule has 1 rings (SSSR count). The van der Waals surface area contributed by atoms with Gasteiger partial charge in [-0.25, -0.2) is 0 Å². The monoisotopic (exact) mass is 184 g/mol. The maximum atomic E-state index is 5.87. The molecule has 0 aliphatic heterocycles. The minimum absolute atomic E-state index is 0.675. The van der Waals surface area contributed by atoms with E-state index in [1.54, 1.807) is 0 Å². The number of hydrogen-bond acceptors (Lipinski definition) is 1. The van der Waals surface area contributed by atoms with Crippen LogP contribution in [0, 0.1) is 6.92 Å². The van der Waals surface area contributed by atoms with Crippen molar-refractivity contribution in [3.8, 4) is 0 Å². The maximum absolute atomic E-state index is 5.87. The maximum Gasteiger partial charge on any atom is 0.0716 e. The summed E-state index contributed by atoms with van der Waals surface area (Å²) in [5.74, 6) is 0. The van der Waals surface area contributed by atoms with Gasteiger partial charge < -0.3 is 4.74 Å². The molecule has 0 bridgehead atoms. The molecule has 0 atom stereocenters. The Morgan fingerprint density at radius 1 is 1.42 bits per heavy atom. The average Bonchev–Trinajstić information content (AvgIpc) is 2.07. The van der Waals surface area contributed by atoms with E-state index < -0.39 is 0 Å². The topological polar surface area (TPSA) is 9.23 Å². The normalized spacial score (nSPS) is 10.2. The van der Waals surface area contributed by atoms with Crippen molar-refractivity contribution in [1.29, 1.82) is 0 Å². The summed E-state index contributed by atoms with van der Waals surface area (Å²) >= 11 is 5.87. The van der Waals surface area contributed by atoms with Crippen LogP contribution < -0.4 is 0 Å². The largest absolute Gasteiger partial charge is 0.377 e. The summed E-state index contributed by atoms with van der Waals surface area (Å²) < 4.78 is 5.27.